The van der Waals surface area contributed by atoms with Gasteiger partial charge in [-0.15, -0.1) is 0 Å². The van der Waals surface area contributed by atoms with E-state index in [-0.39, 0.29) is 6.42 Å². The molecule has 0 spiro atoms. The van der Waals surface area contributed by atoms with Crippen LogP contribution in [0.5, 0.6) is 0 Å². The molecule has 0 rings (SSSR count). The van der Waals surface area contributed by atoms with Gasteiger partial charge >= 0.3 is 46.0 Å². The van der Waals surface area contributed by atoms with Gasteiger partial charge in [0.2, 0.25) is 0 Å². The molecule has 0 aromatic rings. The Morgan fingerprint density at radius 1 is 0.773 bits per heavy atom. The first kappa shape index (κ1) is 20.2. The maximum absolute atomic E-state index is 12.2. The molecular formula is C9H10F6O6Si. The highest BCUT2D eigenvalue weighted by atomic mass is 28.4. The topological polar surface area (TPSA) is 78.9 Å². The fourth-order valence-corrected chi connectivity index (χ4v) is 3.35. The Labute approximate surface area is 120 Å². The number of halogens is 6. The predicted molar refractivity (Wildman–Crippen MR) is 57.1 cm³/mol. The number of carbonyl (C=O) groups is 3. The van der Waals surface area contributed by atoms with E-state index in [9.17, 15) is 40.7 Å². The van der Waals surface area contributed by atoms with Crippen molar-refractivity contribution in [3.8, 4) is 0 Å². The van der Waals surface area contributed by atoms with Crippen LogP contribution in [0.3, 0.4) is 0 Å². The highest BCUT2D eigenvalue weighted by Crippen LogP contribution is 2.22. The van der Waals surface area contributed by atoms with Gasteiger partial charge in [-0.05, 0) is 6.42 Å². The molecule has 0 radical (unpaired) electrons. The fraction of sp³-hybridized carbons (Fsp3) is 0.667. The summed E-state index contributed by atoms with van der Waals surface area (Å²) in [5.41, 5.74) is 0. The van der Waals surface area contributed by atoms with Gasteiger partial charge in [-0.3, -0.25) is 0 Å². The SMILES string of the molecule is CCC[Si](OC(=O)C(F)F)(OC(=O)C(F)F)OC(=O)C(F)F. The fourth-order valence-electron chi connectivity index (χ4n) is 1.12. The minimum absolute atomic E-state index is 0.171. The zero-order valence-electron chi connectivity index (χ0n) is 10.9. The lowest BCUT2D eigenvalue weighted by atomic mass is 10.6. The summed E-state index contributed by atoms with van der Waals surface area (Å²) < 4.78 is 84.9. The lowest BCUT2D eigenvalue weighted by Gasteiger charge is -2.26. The van der Waals surface area contributed by atoms with E-state index in [0.717, 1.165) is 0 Å². The van der Waals surface area contributed by atoms with Gasteiger partial charge in [-0.25, -0.2) is 14.4 Å². The summed E-state index contributed by atoms with van der Waals surface area (Å²) >= 11 is 0. The van der Waals surface area contributed by atoms with Crippen LogP contribution in [0.15, 0.2) is 0 Å². The van der Waals surface area contributed by atoms with Crippen LogP contribution in [0.4, 0.5) is 26.3 Å². The molecule has 128 valence electrons. The molecule has 0 unspecified atom stereocenters. The van der Waals surface area contributed by atoms with Gasteiger partial charge < -0.3 is 13.3 Å². The molecule has 0 aliphatic heterocycles. The largest absolute Gasteiger partial charge is 0.705 e. The van der Waals surface area contributed by atoms with E-state index in [1.54, 1.807) is 0 Å². The van der Waals surface area contributed by atoms with Crippen molar-refractivity contribution in [2.75, 3.05) is 0 Å². The molecule has 0 aliphatic rings. The number of carbonyl (C=O) groups excluding carboxylic acids is 3. The van der Waals surface area contributed by atoms with Crippen LogP contribution < -0.4 is 0 Å². The standard InChI is InChI=1S/C9H10F6O6Si/c1-2-3-22(19-7(16)4(10)11,20-8(17)5(12)13)21-9(18)6(14)15/h4-6H,2-3H2,1H3. The van der Waals surface area contributed by atoms with E-state index in [0.29, 0.717) is 0 Å². The molecular weight excluding hydrogens is 346 g/mol. The van der Waals surface area contributed by atoms with Crippen LogP contribution in [0.25, 0.3) is 0 Å². The first-order valence-corrected chi connectivity index (χ1v) is 7.50. The van der Waals surface area contributed by atoms with Gasteiger partial charge in [0, 0.05) is 0 Å². The van der Waals surface area contributed by atoms with Crippen molar-refractivity contribution < 1.29 is 54.0 Å². The van der Waals surface area contributed by atoms with Gasteiger partial charge in [0.1, 0.15) is 0 Å². The number of hydrogen-bond acceptors (Lipinski definition) is 6. The van der Waals surface area contributed by atoms with Crippen molar-refractivity contribution in [2.24, 2.45) is 0 Å². The van der Waals surface area contributed by atoms with E-state index in [4.69, 9.17) is 0 Å². The van der Waals surface area contributed by atoms with E-state index < -0.39 is 52.0 Å². The number of rotatable bonds is 8. The molecule has 0 aromatic carbocycles. The van der Waals surface area contributed by atoms with E-state index in [1.807, 2.05) is 0 Å². The lowest BCUT2D eigenvalue weighted by Crippen LogP contribution is -2.52. The molecule has 0 fully saturated rings. The van der Waals surface area contributed by atoms with E-state index in [1.165, 1.54) is 6.92 Å². The third-order valence-electron chi connectivity index (χ3n) is 1.86. The molecule has 0 heterocycles. The smallest absolute Gasteiger partial charge is 0.451 e. The van der Waals surface area contributed by atoms with Crippen LogP contribution in [0, 0.1) is 0 Å². The zero-order valence-corrected chi connectivity index (χ0v) is 11.9. The van der Waals surface area contributed by atoms with Crippen LogP contribution in [0.1, 0.15) is 13.3 Å². The molecule has 0 aromatic heterocycles. The van der Waals surface area contributed by atoms with Crippen LogP contribution >= 0.6 is 0 Å². The third kappa shape index (κ3) is 6.32. The molecule has 0 atom stereocenters. The molecule has 0 saturated heterocycles. The summed E-state index contributed by atoms with van der Waals surface area (Å²) in [6, 6.07) is -0.775. The Kier molecular flexibility index (Phi) is 7.90. The van der Waals surface area contributed by atoms with Crippen LogP contribution in [0.2, 0.25) is 6.04 Å². The minimum atomic E-state index is -5.16. The van der Waals surface area contributed by atoms with Gasteiger partial charge in [-0.2, -0.15) is 26.3 Å². The summed E-state index contributed by atoms with van der Waals surface area (Å²) in [6.07, 6.45) is -11.5. The highest BCUT2D eigenvalue weighted by molar-refractivity contribution is 6.65. The van der Waals surface area contributed by atoms with Gasteiger partial charge in [0.05, 0.1) is 6.04 Å². The van der Waals surface area contributed by atoms with Crippen molar-refractivity contribution in [3.63, 3.8) is 0 Å². The Balaban J connectivity index is 5.47. The Morgan fingerprint density at radius 2 is 1.05 bits per heavy atom. The quantitative estimate of drug-likeness (QED) is 0.487. The second-order valence-corrected chi connectivity index (χ2v) is 6.08. The summed E-state index contributed by atoms with van der Waals surface area (Å²) in [6.45, 7) is 1.28. The van der Waals surface area contributed by atoms with Gasteiger partial charge in [0.15, 0.2) is 0 Å². The Hall–Kier alpha value is -1.79. The van der Waals surface area contributed by atoms with Gasteiger partial charge in [0.25, 0.3) is 0 Å². The number of hydrogen-bond donors (Lipinski definition) is 0. The molecule has 22 heavy (non-hydrogen) atoms. The summed E-state index contributed by atoms with van der Waals surface area (Å²) in [5, 5.41) is 0. The maximum Gasteiger partial charge on any atom is 0.705 e. The minimum Gasteiger partial charge on any atom is -0.451 e. The van der Waals surface area contributed by atoms with Crippen LogP contribution in [-0.2, 0) is 27.7 Å². The Morgan fingerprint density at radius 3 is 1.23 bits per heavy atom. The summed E-state index contributed by atoms with van der Waals surface area (Å²) in [4.78, 5) is 32.5. The predicted octanol–water partition coefficient (Wildman–Crippen LogP) is 1.76. The first-order valence-electron chi connectivity index (χ1n) is 5.57. The van der Waals surface area contributed by atoms with Crippen molar-refractivity contribution >= 4 is 26.7 Å². The summed E-state index contributed by atoms with van der Waals surface area (Å²) in [5.74, 6) is -7.07. The molecule has 0 saturated carbocycles. The second kappa shape index (κ2) is 8.60. The molecule has 0 amide bonds. The number of alkyl halides is 6. The van der Waals surface area contributed by atoms with E-state index >= 15 is 0 Å². The third-order valence-corrected chi connectivity index (χ3v) is 4.51. The van der Waals surface area contributed by atoms with Crippen molar-refractivity contribution in [1.82, 2.24) is 0 Å². The van der Waals surface area contributed by atoms with Crippen molar-refractivity contribution in [2.45, 2.75) is 38.7 Å². The zero-order chi connectivity index (χ0) is 17.5. The molecule has 0 bridgehead atoms. The van der Waals surface area contributed by atoms with E-state index in [2.05, 4.69) is 13.3 Å². The second-order valence-electron chi connectivity index (χ2n) is 3.60. The molecule has 13 heteroatoms. The maximum atomic E-state index is 12.2. The summed E-state index contributed by atoms with van der Waals surface area (Å²) in [7, 11) is -5.16. The average molecular weight is 356 g/mol. The lowest BCUT2D eigenvalue weighted by molar-refractivity contribution is -0.164. The van der Waals surface area contributed by atoms with Gasteiger partial charge in [-0.1, -0.05) is 6.92 Å². The first-order chi connectivity index (χ1) is 10.0. The molecule has 6 nitrogen and oxygen atoms in total. The van der Waals surface area contributed by atoms with Crippen molar-refractivity contribution in [1.29, 1.82) is 0 Å². The average Bonchev–Trinajstić information content (AvgIpc) is 2.38. The molecule has 0 aliphatic carbocycles. The normalized spacial score (nSPS) is 11.7. The highest BCUT2D eigenvalue weighted by Gasteiger charge is 2.55. The Bertz CT molecular complexity index is 362. The molecule has 0 N–H and O–H groups in total. The monoisotopic (exact) mass is 356 g/mol. The van der Waals surface area contributed by atoms with Crippen LogP contribution in [-0.4, -0.2) is 46.0 Å². The van der Waals surface area contributed by atoms with Crippen molar-refractivity contribution in [3.05, 3.63) is 0 Å².